The van der Waals surface area contributed by atoms with E-state index in [0.717, 1.165) is 17.5 Å². The van der Waals surface area contributed by atoms with Crippen LogP contribution in [0.4, 0.5) is 4.39 Å². The molecule has 1 aromatic carbocycles. The SMILES string of the molecule is CNCc1cn(C)c2c(F)cccc12. The molecule has 0 unspecified atom stereocenters. The topological polar surface area (TPSA) is 17.0 Å². The van der Waals surface area contributed by atoms with Crippen LogP contribution in [0.5, 0.6) is 0 Å². The van der Waals surface area contributed by atoms with Gasteiger partial charge in [-0.15, -0.1) is 0 Å². The quantitative estimate of drug-likeness (QED) is 0.770. The van der Waals surface area contributed by atoms with Crippen LogP contribution in [0.2, 0.25) is 0 Å². The average Bonchev–Trinajstić information content (AvgIpc) is 2.46. The molecule has 0 bridgehead atoms. The van der Waals surface area contributed by atoms with Crippen LogP contribution in [-0.2, 0) is 13.6 Å². The van der Waals surface area contributed by atoms with Crippen molar-refractivity contribution < 1.29 is 4.39 Å². The summed E-state index contributed by atoms with van der Waals surface area (Å²) < 4.78 is 15.3. The zero-order valence-corrected chi connectivity index (χ0v) is 8.34. The van der Waals surface area contributed by atoms with Gasteiger partial charge >= 0.3 is 0 Å². The van der Waals surface area contributed by atoms with Gasteiger partial charge in [0, 0.05) is 25.2 Å². The Hall–Kier alpha value is -1.35. The van der Waals surface area contributed by atoms with Crippen LogP contribution >= 0.6 is 0 Å². The molecule has 3 heteroatoms. The first-order valence-electron chi connectivity index (χ1n) is 4.61. The molecule has 0 aliphatic carbocycles. The van der Waals surface area contributed by atoms with Crippen LogP contribution in [0.25, 0.3) is 10.9 Å². The van der Waals surface area contributed by atoms with Crippen LogP contribution in [0.1, 0.15) is 5.56 Å². The van der Waals surface area contributed by atoms with Gasteiger partial charge < -0.3 is 9.88 Å². The predicted octanol–water partition coefficient (Wildman–Crippen LogP) is 2.04. The minimum absolute atomic E-state index is 0.160. The molecule has 0 atom stereocenters. The summed E-state index contributed by atoms with van der Waals surface area (Å²) >= 11 is 0. The van der Waals surface area contributed by atoms with Crippen molar-refractivity contribution in [3.63, 3.8) is 0 Å². The van der Waals surface area contributed by atoms with Gasteiger partial charge in [0.1, 0.15) is 5.82 Å². The third kappa shape index (κ3) is 1.30. The Bertz CT molecular complexity index is 460. The van der Waals surface area contributed by atoms with Crippen LogP contribution in [0.3, 0.4) is 0 Å². The van der Waals surface area contributed by atoms with Crippen molar-refractivity contribution in [1.29, 1.82) is 0 Å². The molecule has 74 valence electrons. The van der Waals surface area contributed by atoms with E-state index in [1.807, 2.05) is 30.9 Å². The molecule has 0 aliphatic heterocycles. The fraction of sp³-hybridized carbons (Fsp3) is 0.273. The molecule has 0 saturated heterocycles. The zero-order chi connectivity index (χ0) is 10.1. The largest absolute Gasteiger partial charge is 0.348 e. The van der Waals surface area contributed by atoms with Crippen molar-refractivity contribution in [2.24, 2.45) is 7.05 Å². The van der Waals surface area contributed by atoms with Crippen LogP contribution in [0.15, 0.2) is 24.4 Å². The molecule has 0 saturated carbocycles. The van der Waals surface area contributed by atoms with Crippen molar-refractivity contribution in [1.82, 2.24) is 9.88 Å². The van der Waals surface area contributed by atoms with E-state index in [-0.39, 0.29) is 5.82 Å². The Morgan fingerprint density at radius 2 is 2.21 bits per heavy atom. The monoisotopic (exact) mass is 192 g/mol. The number of benzene rings is 1. The van der Waals surface area contributed by atoms with Gasteiger partial charge in [-0.1, -0.05) is 12.1 Å². The average molecular weight is 192 g/mol. The Morgan fingerprint density at radius 3 is 2.93 bits per heavy atom. The molecule has 0 amide bonds. The number of hydrogen-bond donors (Lipinski definition) is 1. The molecule has 0 radical (unpaired) electrons. The number of hydrogen-bond acceptors (Lipinski definition) is 1. The fourth-order valence-corrected chi connectivity index (χ4v) is 1.83. The van der Waals surface area contributed by atoms with Crippen molar-refractivity contribution in [3.05, 3.63) is 35.8 Å². The Kier molecular flexibility index (Phi) is 2.25. The van der Waals surface area contributed by atoms with Gasteiger partial charge in [-0.05, 0) is 18.7 Å². The highest BCUT2D eigenvalue weighted by Gasteiger charge is 2.08. The summed E-state index contributed by atoms with van der Waals surface area (Å²) in [5.41, 5.74) is 1.81. The molecular formula is C11H13FN2. The van der Waals surface area contributed by atoms with Crippen molar-refractivity contribution in [2.45, 2.75) is 6.54 Å². The van der Waals surface area contributed by atoms with Crippen molar-refractivity contribution in [2.75, 3.05) is 7.05 Å². The Morgan fingerprint density at radius 1 is 1.43 bits per heavy atom. The minimum atomic E-state index is -0.160. The fourth-order valence-electron chi connectivity index (χ4n) is 1.83. The van der Waals surface area contributed by atoms with Crippen LogP contribution < -0.4 is 5.32 Å². The summed E-state index contributed by atoms with van der Waals surface area (Å²) in [5, 5.41) is 4.06. The van der Waals surface area contributed by atoms with Gasteiger partial charge in [0.15, 0.2) is 0 Å². The number of para-hydroxylation sites is 1. The van der Waals surface area contributed by atoms with Gasteiger partial charge in [0.2, 0.25) is 0 Å². The normalized spacial score (nSPS) is 11.1. The smallest absolute Gasteiger partial charge is 0.147 e. The zero-order valence-electron chi connectivity index (χ0n) is 8.34. The van der Waals surface area contributed by atoms with Crippen molar-refractivity contribution in [3.8, 4) is 0 Å². The number of fused-ring (bicyclic) bond motifs is 1. The highest BCUT2D eigenvalue weighted by atomic mass is 19.1. The third-order valence-corrected chi connectivity index (χ3v) is 2.40. The number of aryl methyl sites for hydroxylation is 1. The molecule has 0 spiro atoms. The third-order valence-electron chi connectivity index (χ3n) is 2.40. The van der Waals surface area contributed by atoms with Gasteiger partial charge in [-0.3, -0.25) is 0 Å². The van der Waals surface area contributed by atoms with E-state index >= 15 is 0 Å². The standard InChI is InChI=1S/C11H13FN2/c1-13-6-8-7-14(2)11-9(8)4-3-5-10(11)12/h3-5,7,13H,6H2,1-2H3. The van der Waals surface area contributed by atoms with E-state index in [9.17, 15) is 4.39 Å². The van der Waals surface area contributed by atoms with E-state index < -0.39 is 0 Å². The van der Waals surface area contributed by atoms with Gasteiger partial charge in [-0.2, -0.15) is 0 Å². The first-order chi connectivity index (χ1) is 6.74. The van der Waals surface area contributed by atoms with Gasteiger partial charge in [0.25, 0.3) is 0 Å². The Labute approximate surface area is 82.3 Å². The number of nitrogens with one attached hydrogen (secondary N) is 1. The van der Waals surface area contributed by atoms with E-state index in [0.29, 0.717) is 5.52 Å². The maximum atomic E-state index is 13.5. The van der Waals surface area contributed by atoms with E-state index in [2.05, 4.69) is 5.32 Å². The maximum Gasteiger partial charge on any atom is 0.147 e. The molecular weight excluding hydrogens is 179 g/mol. The van der Waals surface area contributed by atoms with E-state index in [1.54, 1.807) is 6.07 Å². The summed E-state index contributed by atoms with van der Waals surface area (Å²) in [5.74, 6) is -0.160. The van der Waals surface area contributed by atoms with Gasteiger partial charge in [0.05, 0.1) is 5.52 Å². The summed E-state index contributed by atoms with van der Waals surface area (Å²) in [6.45, 7) is 0.765. The predicted molar refractivity (Wildman–Crippen MR) is 55.6 cm³/mol. The van der Waals surface area contributed by atoms with Crippen molar-refractivity contribution >= 4 is 10.9 Å². The number of rotatable bonds is 2. The number of halogens is 1. The van der Waals surface area contributed by atoms with Gasteiger partial charge in [-0.25, -0.2) is 4.39 Å². The molecule has 0 aliphatic rings. The first-order valence-corrected chi connectivity index (χ1v) is 4.61. The second-order valence-electron chi connectivity index (χ2n) is 3.43. The molecule has 1 heterocycles. The second-order valence-corrected chi connectivity index (χ2v) is 3.43. The lowest BCUT2D eigenvalue weighted by Gasteiger charge is -1.97. The van der Waals surface area contributed by atoms with Crippen LogP contribution in [-0.4, -0.2) is 11.6 Å². The Balaban J connectivity index is 2.71. The maximum absolute atomic E-state index is 13.5. The molecule has 2 rings (SSSR count). The first kappa shape index (κ1) is 9.21. The molecule has 0 fully saturated rings. The molecule has 1 aromatic heterocycles. The lowest BCUT2D eigenvalue weighted by Crippen LogP contribution is -2.04. The number of nitrogens with zero attached hydrogens (tertiary/aromatic N) is 1. The van der Waals surface area contributed by atoms with E-state index in [4.69, 9.17) is 0 Å². The summed E-state index contributed by atoms with van der Waals surface area (Å²) in [4.78, 5) is 0. The highest BCUT2D eigenvalue weighted by Crippen LogP contribution is 2.22. The molecule has 1 N–H and O–H groups in total. The second kappa shape index (κ2) is 3.42. The molecule has 14 heavy (non-hydrogen) atoms. The number of aromatic nitrogens is 1. The lowest BCUT2D eigenvalue weighted by molar-refractivity contribution is 0.632. The molecule has 2 aromatic rings. The summed E-state index contributed by atoms with van der Waals surface area (Å²) in [7, 11) is 3.75. The van der Waals surface area contributed by atoms with Crippen LogP contribution in [0, 0.1) is 5.82 Å². The lowest BCUT2D eigenvalue weighted by atomic mass is 10.2. The summed E-state index contributed by atoms with van der Waals surface area (Å²) in [6.07, 6.45) is 1.96. The van der Waals surface area contributed by atoms with E-state index in [1.165, 1.54) is 6.07 Å². The highest BCUT2D eigenvalue weighted by molar-refractivity contribution is 5.84. The minimum Gasteiger partial charge on any atom is -0.348 e. The molecule has 2 nitrogen and oxygen atoms in total. The summed E-state index contributed by atoms with van der Waals surface area (Å²) in [6, 6.07) is 5.19.